The zero-order valence-electron chi connectivity index (χ0n) is 14.6. The van der Waals surface area contributed by atoms with Crippen LogP contribution < -0.4 is 16.0 Å². The Morgan fingerprint density at radius 1 is 0.885 bits per heavy atom. The van der Waals surface area contributed by atoms with E-state index in [4.69, 9.17) is 0 Å². The molecule has 5 nitrogen and oxygen atoms in total. The number of fused-ring (bicyclic) bond motifs is 1. The van der Waals surface area contributed by atoms with Gasteiger partial charge in [-0.3, -0.25) is 9.59 Å². The molecule has 1 heterocycles. The Labute approximate surface area is 160 Å². The molecule has 0 spiro atoms. The molecule has 0 bridgehead atoms. The quantitative estimate of drug-likeness (QED) is 0.696. The molecule has 26 heavy (non-hydrogen) atoms. The van der Waals surface area contributed by atoms with Gasteiger partial charge in [0.1, 0.15) is 0 Å². The Kier molecular flexibility index (Phi) is 7.63. The smallest absolute Gasteiger partial charge is 0.224 e. The van der Waals surface area contributed by atoms with Crippen molar-refractivity contribution in [1.82, 2.24) is 16.0 Å². The molecular formula is C20H24ClN3O2. The molecule has 2 aromatic carbocycles. The lowest BCUT2D eigenvalue weighted by atomic mass is 10.1. The van der Waals surface area contributed by atoms with Crippen LogP contribution in [0.15, 0.2) is 48.5 Å². The second-order valence-corrected chi connectivity index (χ2v) is 6.25. The summed E-state index contributed by atoms with van der Waals surface area (Å²) in [5, 5.41) is 9.00. The van der Waals surface area contributed by atoms with E-state index in [9.17, 15) is 9.59 Å². The summed E-state index contributed by atoms with van der Waals surface area (Å²) in [4.78, 5) is 23.7. The summed E-state index contributed by atoms with van der Waals surface area (Å²) in [5.41, 5.74) is 4.70. The third-order valence-corrected chi connectivity index (χ3v) is 4.27. The Morgan fingerprint density at radius 3 is 2.46 bits per heavy atom. The van der Waals surface area contributed by atoms with Crippen LogP contribution in [-0.2, 0) is 35.6 Å². The highest BCUT2D eigenvalue weighted by atomic mass is 35.5. The molecule has 2 amide bonds. The van der Waals surface area contributed by atoms with Gasteiger partial charge in [0, 0.05) is 32.6 Å². The van der Waals surface area contributed by atoms with E-state index in [1.54, 1.807) is 0 Å². The fourth-order valence-corrected chi connectivity index (χ4v) is 2.91. The van der Waals surface area contributed by atoms with Gasteiger partial charge in [0.25, 0.3) is 0 Å². The van der Waals surface area contributed by atoms with Gasteiger partial charge in [-0.25, -0.2) is 0 Å². The molecule has 0 unspecified atom stereocenters. The third-order valence-electron chi connectivity index (χ3n) is 4.27. The predicted octanol–water partition coefficient (Wildman–Crippen LogP) is 2.08. The predicted molar refractivity (Wildman–Crippen MR) is 104 cm³/mol. The fraction of sp³-hybridized carbons (Fsp3) is 0.300. The molecule has 1 aliphatic rings. The molecule has 3 N–H and O–H groups in total. The zero-order chi connectivity index (χ0) is 17.5. The third kappa shape index (κ3) is 5.86. The van der Waals surface area contributed by atoms with Gasteiger partial charge in [-0.1, -0.05) is 48.5 Å². The molecule has 0 radical (unpaired) electrons. The van der Waals surface area contributed by atoms with Crippen LogP contribution in [0.2, 0.25) is 0 Å². The summed E-state index contributed by atoms with van der Waals surface area (Å²) in [6.07, 6.45) is 0.624. The normalized spacial score (nSPS) is 12.0. The molecule has 0 atom stereocenters. The lowest BCUT2D eigenvalue weighted by molar-refractivity contribution is -0.122. The Bertz CT molecular complexity index is 750. The molecule has 1 aliphatic heterocycles. The molecule has 0 aromatic heterocycles. The van der Waals surface area contributed by atoms with E-state index < -0.39 is 0 Å². The first kappa shape index (κ1) is 19.9. The van der Waals surface area contributed by atoms with Crippen LogP contribution in [0.3, 0.4) is 0 Å². The van der Waals surface area contributed by atoms with E-state index in [1.807, 2.05) is 36.4 Å². The maximum Gasteiger partial charge on any atom is 0.224 e. The molecule has 0 fully saturated rings. The van der Waals surface area contributed by atoms with Crippen LogP contribution in [0, 0.1) is 0 Å². The number of carbonyl (C=O) groups is 2. The number of halogens is 1. The van der Waals surface area contributed by atoms with E-state index in [0.29, 0.717) is 19.5 Å². The van der Waals surface area contributed by atoms with Gasteiger partial charge in [-0.05, 0) is 22.3 Å². The standard InChI is InChI=1S/C20H23N3O2.ClH/c24-19(8-9-22-20(25)11-15-4-2-1-3-5-15)23-12-16-6-7-17-13-21-14-18(17)10-16;/h1-7,10,21H,8-9,11-14H2,(H,22,25)(H,23,24);1H. The highest BCUT2D eigenvalue weighted by Crippen LogP contribution is 2.16. The van der Waals surface area contributed by atoms with Crippen molar-refractivity contribution in [2.75, 3.05) is 6.54 Å². The van der Waals surface area contributed by atoms with Crippen LogP contribution in [0.4, 0.5) is 0 Å². The molecule has 0 aliphatic carbocycles. The molecule has 0 saturated carbocycles. The van der Waals surface area contributed by atoms with E-state index in [2.05, 4.69) is 28.1 Å². The van der Waals surface area contributed by atoms with Crippen LogP contribution in [0.5, 0.6) is 0 Å². The van der Waals surface area contributed by atoms with Crippen LogP contribution in [-0.4, -0.2) is 18.4 Å². The topological polar surface area (TPSA) is 70.2 Å². The maximum atomic E-state index is 11.9. The SMILES string of the molecule is Cl.O=C(CCNC(=O)Cc1ccccc1)NCc1ccc2c(c1)CNC2. The molecule has 6 heteroatoms. The Hall–Kier alpha value is -2.37. The van der Waals surface area contributed by atoms with E-state index in [0.717, 1.165) is 24.2 Å². The summed E-state index contributed by atoms with van der Waals surface area (Å²) in [7, 11) is 0. The van der Waals surface area contributed by atoms with Crippen LogP contribution in [0.25, 0.3) is 0 Å². The second kappa shape index (κ2) is 9.94. The number of carbonyl (C=O) groups excluding carboxylic acids is 2. The van der Waals surface area contributed by atoms with Crippen molar-refractivity contribution in [3.8, 4) is 0 Å². The maximum absolute atomic E-state index is 11.9. The van der Waals surface area contributed by atoms with Crippen molar-refractivity contribution in [2.24, 2.45) is 0 Å². The highest BCUT2D eigenvalue weighted by molar-refractivity contribution is 5.85. The number of hydrogen-bond donors (Lipinski definition) is 3. The first-order valence-electron chi connectivity index (χ1n) is 8.59. The second-order valence-electron chi connectivity index (χ2n) is 6.25. The summed E-state index contributed by atoms with van der Waals surface area (Å²) in [5.74, 6) is -0.122. The van der Waals surface area contributed by atoms with Gasteiger partial charge in [0.05, 0.1) is 6.42 Å². The number of nitrogens with one attached hydrogen (secondary N) is 3. The van der Waals surface area contributed by atoms with Crippen molar-refractivity contribution in [2.45, 2.75) is 32.5 Å². The van der Waals surface area contributed by atoms with Crippen molar-refractivity contribution in [3.05, 3.63) is 70.8 Å². The largest absolute Gasteiger partial charge is 0.355 e. The van der Waals surface area contributed by atoms with E-state index in [-0.39, 0.29) is 30.6 Å². The van der Waals surface area contributed by atoms with Gasteiger partial charge in [-0.15, -0.1) is 12.4 Å². The minimum atomic E-state index is -0.0647. The van der Waals surface area contributed by atoms with Gasteiger partial charge in [0.2, 0.25) is 11.8 Å². The summed E-state index contributed by atoms with van der Waals surface area (Å²) < 4.78 is 0. The van der Waals surface area contributed by atoms with Gasteiger partial charge < -0.3 is 16.0 Å². The monoisotopic (exact) mass is 373 g/mol. The fourth-order valence-electron chi connectivity index (χ4n) is 2.91. The van der Waals surface area contributed by atoms with E-state index >= 15 is 0 Å². The van der Waals surface area contributed by atoms with Gasteiger partial charge in [0.15, 0.2) is 0 Å². The Morgan fingerprint density at radius 2 is 1.65 bits per heavy atom. The van der Waals surface area contributed by atoms with Crippen LogP contribution >= 0.6 is 12.4 Å². The lowest BCUT2D eigenvalue weighted by Gasteiger charge is -2.08. The molecule has 2 aromatic rings. The minimum absolute atomic E-state index is 0. The van der Waals surface area contributed by atoms with Gasteiger partial charge >= 0.3 is 0 Å². The number of hydrogen-bond acceptors (Lipinski definition) is 3. The number of amides is 2. The lowest BCUT2D eigenvalue weighted by Crippen LogP contribution is -2.31. The molecule has 0 saturated heterocycles. The first-order valence-corrected chi connectivity index (χ1v) is 8.59. The minimum Gasteiger partial charge on any atom is -0.355 e. The van der Waals surface area contributed by atoms with Crippen molar-refractivity contribution >= 4 is 24.2 Å². The van der Waals surface area contributed by atoms with Crippen LogP contribution in [0.1, 0.15) is 28.7 Å². The highest BCUT2D eigenvalue weighted by Gasteiger charge is 2.10. The summed E-state index contributed by atoms with van der Waals surface area (Å²) in [6.45, 7) is 2.69. The summed E-state index contributed by atoms with van der Waals surface area (Å²) in [6, 6.07) is 15.9. The van der Waals surface area contributed by atoms with Gasteiger partial charge in [-0.2, -0.15) is 0 Å². The Balaban J connectivity index is 0.00000243. The number of rotatable bonds is 7. The number of benzene rings is 2. The molecule has 3 rings (SSSR count). The summed E-state index contributed by atoms with van der Waals surface area (Å²) >= 11 is 0. The molecular weight excluding hydrogens is 350 g/mol. The van der Waals surface area contributed by atoms with Crippen molar-refractivity contribution in [1.29, 1.82) is 0 Å². The average molecular weight is 374 g/mol. The van der Waals surface area contributed by atoms with Crippen molar-refractivity contribution < 1.29 is 9.59 Å². The van der Waals surface area contributed by atoms with E-state index in [1.165, 1.54) is 11.1 Å². The zero-order valence-corrected chi connectivity index (χ0v) is 15.4. The average Bonchev–Trinajstić information content (AvgIpc) is 3.08. The molecule has 138 valence electrons. The first-order chi connectivity index (χ1) is 12.2. The van der Waals surface area contributed by atoms with Crippen molar-refractivity contribution in [3.63, 3.8) is 0 Å².